The van der Waals surface area contributed by atoms with Crippen molar-refractivity contribution in [3.05, 3.63) is 0 Å². The van der Waals surface area contributed by atoms with Crippen molar-refractivity contribution in [3.8, 4) is 0 Å². The monoisotopic (exact) mass is 142 g/mol. The molecule has 5 heavy (non-hydrogen) atoms. The zero-order valence-electron chi connectivity index (χ0n) is 2.84. The fraction of sp³-hybridized carbons (Fsp3) is 1.00. The Kier molecular flexibility index (Phi) is 33.5. The maximum absolute atomic E-state index is 9.69. The molecule has 0 amide bonds. The summed E-state index contributed by atoms with van der Waals surface area (Å²) in [5, 5.41) is 0.194. The maximum atomic E-state index is 9.69. The van der Waals surface area contributed by atoms with Crippen molar-refractivity contribution >= 4 is 73.1 Å². The Bertz CT molecular complexity index is 9.61. The van der Waals surface area contributed by atoms with E-state index in [4.69, 9.17) is 23.2 Å². The van der Waals surface area contributed by atoms with Crippen LogP contribution in [-0.4, -0.2) is 55.2 Å². The number of hydrogen-bond acceptors (Lipinski definition) is 0. The van der Waals surface area contributed by atoms with Crippen LogP contribution in [0.3, 0.4) is 0 Å². The van der Waals surface area contributed by atoms with Crippen LogP contribution < -0.4 is 0 Å². The second-order valence-electron chi connectivity index (χ2n) is 0.101. The first-order valence-electron chi connectivity index (χ1n) is 0.912. The third kappa shape index (κ3) is 22.9. The Morgan fingerprint density at radius 2 is 1.40 bits per heavy atom. The van der Waals surface area contributed by atoms with Crippen molar-refractivity contribution in [2.45, 2.75) is 0 Å². The van der Waals surface area contributed by atoms with Gasteiger partial charge in [-0.05, 0) is 0 Å². The quantitative estimate of drug-likeness (QED) is 0.355. The molecule has 0 aromatic heterocycles. The van der Waals surface area contributed by atoms with Gasteiger partial charge in [-0.1, -0.05) is 0 Å². The first-order valence-corrected chi connectivity index (χ1v) is 3.16. The van der Waals surface area contributed by atoms with Gasteiger partial charge < -0.3 is 0 Å². The van der Waals surface area contributed by atoms with Crippen molar-refractivity contribution in [2.75, 3.05) is 5.34 Å². The van der Waals surface area contributed by atoms with Crippen LogP contribution in [0.25, 0.3) is 0 Å². The van der Waals surface area contributed by atoms with Crippen LogP contribution in [0.15, 0.2) is 0 Å². The van der Waals surface area contributed by atoms with Gasteiger partial charge in [0.2, 0.25) is 0 Å². The zero-order chi connectivity index (χ0) is 4.71. The van der Waals surface area contributed by atoms with Crippen molar-refractivity contribution in [1.29, 1.82) is 0 Å². The Hall–Kier alpha value is 2.15. The molecule has 0 radical (unpaired) electrons. The third-order valence-electron chi connectivity index (χ3n) is 0. The molecular weight excluding hydrogens is 141 g/mol. The number of hydrogen-bond donors (Lipinski definition) is 0. The fourth-order valence-electron chi connectivity index (χ4n) is 0. The van der Waals surface area contributed by atoms with Crippen LogP contribution in [0.5, 0.6) is 0 Å². The van der Waals surface area contributed by atoms with E-state index >= 15 is 0 Å². The van der Waals surface area contributed by atoms with E-state index in [1.165, 1.54) is 0 Å². The van der Waals surface area contributed by atoms with Gasteiger partial charge in [0.1, 0.15) is 0 Å². The van der Waals surface area contributed by atoms with Gasteiger partial charge in [0.25, 0.3) is 0 Å². The standard InChI is InChI=1S/CH2Cl2.FH.K/c2-1-3;;/h1H2;1H;/q;;+1/p-1. The SMILES string of the molecule is ClCCl.[F][K]. The van der Waals surface area contributed by atoms with E-state index in [1.54, 1.807) is 0 Å². The summed E-state index contributed by atoms with van der Waals surface area (Å²) in [6.07, 6.45) is 0. The molecule has 0 saturated carbocycles. The predicted octanol–water partition coefficient (Wildman–Crippen LogP) is 1.46. The van der Waals surface area contributed by atoms with E-state index in [2.05, 4.69) is 0 Å². The van der Waals surface area contributed by atoms with Gasteiger partial charge in [-0.15, -0.1) is 23.2 Å². The zero-order valence-corrected chi connectivity index (χ0v) is 7.48. The molecule has 0 N–H and O–H groups in total. The van der Waals surface area contributed by atoms with Gasteiger partial charge in [-0.2, -0.15) is 0 Å². The van der Waals surface area contributed by atoms with Crippen molar-refractivity contribution in [1.82, 2.24) is 0 Å². The average molecular weight is 143 g/mol. The van der Waals surface area contributed by atoms with E-state index in [9.17, 15) is -0.211 Å². The molecule has 0 saturated heterocycles. The molecule has 0 unspecified atom stereocenters. The van der Waals surface area contributed by atoms with Gasteiger partial charge in [-0.3, -0.25) is 0 Å². The summed E-state index contributed by atoms with van der Waals surface area (Å²) in [5.74, 6) is 0. The second kappa shape index (κ2) is 16.4. The van der Waals surface area contributed by atoms with Gasteiger partial charge in [0, 0.05) is 0 Å². The van der Waals surface area contributed by atoms with Gasteiger partial charge >= 0.3 is 49.7 Å². The van der Waals surface area contributed by atoms with Crippen LogP contribution in [0, 0.1) is 0 Å². The van der Waals surface area contributed by atoms with Crippen LogP contribution in [0.2, 0.25) is 0 Å². The molecule has 28 valence electrons. The van der Waals surface area contributed by atoms with Crippen LogP contribution >= 0.6 is 23.2 Å². The molecule has 0 nitrogen and oxygen atoms in total. The topological polar surface area (TPSA) is 0 Å². The van der Waals surface area contributed by atoms with E-state index in [0.717, 1.165) is 0 Å². The van der Waals surface area contributed by atoms with Crippen molar-refractivity contribution < 1.29 is -0.211 Å². The first-order chi connectivity index (χ1) is 2.41. The molecule has 4 heteroatoms. The minimum absolute atomic E-state index is 0.194. The summed E-state index contributed by atoms with van der Waals surface area (Å²) in [7, 11) is 0. The van der Waals surface area contributed by atoms with Crippen molar-refractivity contribution in [3.63, 3.8) is 0 Å². The number of rotatable bonds is 0. The van der Waals surface area contributed by atoms with Gasteiger partial charge in [0.05, 0.1) is 5.34 Å². The second-order valence-corrected chi connectivity index (χ2v) is 0.909. The molecule has 0 rings (SSSR count). The number of halogens is 3. The summed E-state index contributed by atoms with van der Waals surface area (Å²) >= 11 is 9.09. The Labute approximate surface area is 76.6 Å². The van der Waals surface area contributed by atoms with E-state index in [1.807, 2.05) is 0 Å². The Morgan fingerprint density at radius 1 is 1.40 bits per heavy atom. The molecule has 0 spiro atoms. The van der Waals surface area contributed by atoms with Gasteiger partial charge in [-0.25, -0.2) is 0 Å². The normalized spacial score (nSPS) is 5.00. The van der Waals surface area contributed by atoms with Crippen LogP contribution in [0.4, 0.5) is -0.211 Å². The summed E-state index contributed by atoms with van der Waals surface area (Å²) < 4.78 is 9.69. The van der Waals surface area contributed by atoms with E-state index < -0.39 is 49.9 Å². The van der Waals surface area contributed by atoms with Gasteiger partial charge in [0.15, 0.2) is 0 Å². The van der Waals surface area contributed by atoms with Crippen LogP contribution in [-0.2, 0) is 0 Å². The van der Waals surface area contributed by atoms with E-state index in [-0.39, 0.29) is 5.34 Å². The molecule has 0 heterocycles. The molecule has 0 bridgehead atoms. The first kappa shape index (κ1) is 10.2. The molecule has 0 aliphatic rings. The average Bonchev–Trinajstić information content (AvgIpc) is 1.46. The van der Waals surface area contributed by atoms with E-state index in [0.29, 0.717) is 0 Å². The van der Waals surface area contributed by atoms with Crippen LogP contribution in [0.1, 0.15) is 0 Å². The molecule has 0 fully saturated rings. The minimum atomic E-state index is -0.438. The Morgan fingerprint density at radius 3 is 1.40 bits per heavy atom. The third-order valence-corrected chi connectivity index (χ3v) is 0. The molecule has 0 aliphatic heterocycles. The summed E-state index contributed by atoms with van der Waals surface area (Å²) in [4.78, 5) is 0. The number of alkyl halides is 2. The molecule has 0 atom stereocenters. The molecule has 0 aromatic rings. The summed E-state index contributed by atoms with van der Waals surface area (Å²) in [6, 6.07) is 0. The predicted molar refractivity (Wildman–Crippen MR) is 23.4 cm³/mol. The van der Waals surface area contributed by atoms with Crippen molar-refractivity contribution in [2.24, 2.45) is 0 Å². The summed E-state index contributed by atoms with van der Waals surface area (Å²) in [6.45, 7) is 0. The fourth-order valence-corrected chi connectivity index (χ4v) is 0. The molecule has 0 aromatic carbocycles. The summed E-state index contributed by atoms with van der Waals surface area (Å²) in [5.41, 5.74) is 0. The molecular formula is CH2Cl2FK. The molecule has 0 aliphatic carbocycles. The Balaban J connectivity index is 0.